The van der Waals surface area contributed by atoms with Gasteiger partial charge in [-0.1, -0.05) is 39.0 Å². The molecule has 0 spiro atoms. The molecule has 5 heteroatoms. The van der Waals surface area contributed by atoms with Gasteiger partial charge in [0, 0.05) is 6.04 Å². The van der Waals surface area contributed by atoms with Crippen molar-refractivity contribution < 1.29 is 17.9 Å². The third-order valence-electron chi connectivity index (χ3n) is 2.65. The number of alkyl halides is 3. The van der Waals surface area contributed by atoms with E-state index in [1.807, 2.05) is 0 Å². The molecule has 1 unspecified atom stereocenters. The summed E-state index contributed by atoms with van der Waals surface area (Å²) in [7, 11) is 1.76. The molecule has 0 saturated heterocycles. The van der Waals surface area contributed by atoms with Gasteiger partial charge in [0.25, 0.3) is 0 Å². The van der Waals surface area contributed by atoms with Crippen LogP contribution in [-0.2, 0) is 4.74 Å². The Morgan fingerprint density at radius 3 is 2.29 bits per heavy atom. The van der Waals surface area contributed by atoms with Crippen LogP contribution in [0.4, 0.5) is 13.2 Å². The topological polar surface area (TPSA) is 21.3 Å². The summed E-state index contributed by atoms with van der Waals surface area (Å²) in [6.45, 7) is 1.13. The fourth-order valence-corrected chi connectivity index (χ4v) is 1.62. The predicted octanol–water partition coefficient (Wildman–Crippen LogP) is 3.51. The van der Waals surface area contributed by atoms with Crippen LogP contribution in [0.2, 0.25) is 0 Å². The second-order valence-corrected chi connectivity index (χ2v) is 4.32. The van der Waals surface area contributed by atoms with E-state index in [-0.39, 0.29) is 12.6 Å². The van der Waals surface area contributed by atoms with E-state index in [0.717, 1.165) is 19.3 Å². The summed E-state index contributed by atoms with van der Waals surface area (Å²) < 4.78 is 40.2. The van der Waals surface area contributed by atoms with Gasteiger partial charge in [-0.05, 0) is 13.5 Å². The highest BCUT2D eigenvalue weighted by Crippen LogP contribution is 2.15. The van der Waals surface area contributed by atoms with Crippen molar-refractivity contribution >= 4 is 0 Å². The lowest BCUT2D eigenvalue weighted by atomic mass is 10.1. The van der Waals surface area contributed by atoms with E-state index in [2.05, 4.69) is 17.0 Å². The molecule has 0 saturated carbocycles. The molecule has 0 aromatic heterocycles. The third-order valence-corrected chi connectivity index (χ3v) is 2.65. The second-order valence-electron chi connectivity index (χ2n) is 4.32. The molecular weight excluding hydrogens is 231 g/mol. The average Bonchev–Trinajstić information content (AvgIpc) is 2.25. The molecule has 0 fully saturated rings. The van der Waals surface area contributed by atoms with Gasteiger partial charge < -0.3 is 10.1 Å². The van der Waals surface area contributed by atoms with Crippen LogP contribution in [0.5, 0.6) is 0 Å². The number of halogens is 3. The van der Waals surface area contributed by atoms with E-state index < -0.39 is 12.8 Å². The Bertz CT molecular complexity index is 174. The van der Waals surface area contributed by atoms with Crippen molar-refractivity contribution in [2.24, 2.45) is 0 Å². The van der Waals surface area contributed by atoms with Gasteiger partial charge >= 0.3 is 6.18 Å². The summed E-state index contributed by atoms with van der Waals surface area (Å²) in [6, 6.07) is 0.0268. The van der Waals surface area contributed by atoms with E-state index in [9.17, 15) is 13.2 Å². The molecule has 0 aromatic carbocycles. The molecule has 0 heterocycles. The molecule has 0 aliphatic carbocycles. The molecule has 0 amide bonds. The lowest BCUT2D eigenvalue weighted by Crippen LogP contribution is -2.32. The van der Waals surface area contributed by atoms with Gasteiger partial charge in [-0.2, -0.15) is 13.2 Å². The molecule has 104 valence electrons. The van der Waals surface area contributed by atoms with E-state index >= 15 is 0 Å². The Morgan fingerprint density at radius 1 is 1.12 bits per heavy atom. The van der Waals surface area contributed by atoms with Crippen LogP contribution in [0, 0.1) is 0 Å². The molecule has 0 aliphatic rings. The first-order chi connectivity index (χ1) is 7.99. The Morgan fingerprint density at radius 2 is 1.76 bits per heavy atom. The zero-order valence-electron chi connectivity index (χ0n) is 10.8. The maximum absolute atomic E-state index is 11.9. The molecule has 0 aliphatic heterocycles. The summed E-state index contributed by atoms with van der Waals surface area (Å²) >= 11 is 0. The first kappa shape index (κ1) is 16.7. The fourth-order valence-electron chi connectivity index (χ4n) is 1.62. The number of hydrogen-bond acceptors (Lipinski definition) is 2. The zero-order chi connectivity index (χ0) is 13.1. The normalized spacial score (nSPS) is 13.9. The van der Waals surface area contributed by atoms with Crippen LogP contribution < -0.4 is 5.32 Å². The van der Waals surface area contributed by atoms with Crippen molar-refractivity contribution in [2.45, 2.75) is 57.7 Å². The van der Waals surface area contributed by atoms with Crippen LogP contribution in [0.1, 0.15) is 45.4 Å². The number of unbranched alkanes of at least 4 members (excludes halogenated alkanes) is 4. The standard InChI is InChI=1S/C12H24F3NO/c1-3-4-5-6-7-8-11(16-2)9-17-10-12(13,14)15/h11,16H,3-10H2,1-2H3. The molecule has 0 bridgehead atoms. The van der Waals surface area contributed by atoms with Gasteiger partial charge in [0.1, 0.15) is 6.61 Å². The van der Waals surface area contributed by atoms with Gasteiger partial charge in [0.15, 0.2) is 0 Å². The van der Waals surface area contributed by atoms with Gasteiger partial charge in [0.05, 0.1) is 6.61 Å². The zero-order valence-corrected chi connectivity index (χ0v) is 10.8. The predicted molar refractivity (Wildman–Crippen MR) is 63.1 cm³/mol. The minimum absolute atomic E-state index is 0.0268. The molecular formula is C12H24F3NO. The SMILES string of the molecule is CCCCCCCC(COCC(F)(F)F)NC. The molecule has 0 aromatic rings. The smallest absolute Gasteiger partial charge is 0.370 e. The summed E-state index contributed by atoms with van der Waals surface area (Å²) in [4.78, 5) is 0. The number of hydrogen-bond donors (Lipinski definition) is 1. The van der Waals surface area contributed by atoms with Crippen LogP contribution in [0.25, 0.3) is 0 Å². The minimum atomic E-state index is -4.22. The van der Waals surface area contributed by atoms with Crippen molar-refractivity contribution in [3.63, 3.8) is 0 Å². The van der Waals surface area contributed by atoms with Crippen molar-refractivity contribution in [2.75, 3.05) is 20.3 Å². The van der Waals surface area contributed by atoms with Gasteiger partial charge in [0.2, 0.25) is 0 Å². The minimum Gasteiger partial charge on any atom is -0.370 e. The van der Waals surface area contributed by atoms with E-state index in [1.54, 1.807) is 7.05 Å². The van der Waals surface area contributed by atoms with Gasteiger partial charge in [-0.15, -0.1) is 0 Å². The Kier molecular flexibility index (Phi) is 9.55. The summed E-state index contributed by atoms with van der Waals surface area (Å²) in [5.74, 6) is 0. The Balaban J connectivity index is 3.49. The molecule has 0 rings (SSSR count). The van der Waals surface area contributed by atoms with Crippen molar-refractivity contribution in [1.29, 1.82) is 0 Å². The van der Waals surface area contributed by atoms with Crippen molar-refractivity contribution in [3.05, 3.63) is 0 Å². The first-order valence-corrected chi connectivity index (χ1v) is 6.31. The van der Waals surface area contributed by atoms with Crippen LogP contribution in [0.15, 0.2) is 0 Å². The fraction of sp³-hybridized carbons (Fsp3) is 1.00. The highest BCUT2D eigenvalue weighted by atomic mass is 19.4. The van der Waals surface area contributed by atoms with Gasteiger partial charge in [-0.25, -0.2) is 0 Å². The highest BCUT2D eigenvalue weighted by Gasteiger charge is 2.27. The van der Waals surface area contributed by atoms with Crippen LogP contribution in [0.3, 0.4) is 0 Å². The number of likely N-dealkylation sites (N-methyl/N-ethyl adjacent to an activating group) is 1. The van der Waals surface area contributed by atoms with Crippen molar-refractivity contribution in [3.8, 4) is 0 Å². The highest BCUT2D eigenvalue weighted by molar-refractivity contribution is 4.64. The Labute approximate surface area is 102 Å². The van der Waals surface area contributed by atoms with E-state index in [4.69, 9.17) is 0 Å². The first-order valence-electron chi connectivity index (χ1n) is 6.31. The molecule has 1 N–H and O–H groups in total. The molecule has 1 atom stereocenters. The van der Waals surface area contributed by atoms with Crippen molar-refractivity contribution in [1.82, 2.24) is 5.32 Å². The number of ether oxygens (including phenoxy) is 1. The van der Waals surface area contributed by atoms with Crippen LogP contribution in [-0.4, -0.2) is 32.5 Å². The molecule has 2 nitrogen and oxygen atoms in total. The number of nitrogens with one attached hydrogen (secondary N) is 1. The monoisotopic (exact) mass is 255 g/mol. The maximum atomic E-state index is 11.9. The molecule has 0 radical (unpaired) electrons. The lowest BCUT2D eigenvalue weighted by molar-refractivity contribution is -0.175. The molecule has 17 heavy (non-hydrogen) atoms. The van der Waals surface area contributed by atoms with Gasteiger partial charge in [-0.3, -0.25) is 0 Å². The average molecular weight is 255 g/mol. The third kappa shape index (κ3) is 12.0. The maximum Gasteiger partial charge on any atom is 0.411 e. The summed E-state index contributed by atoms with van der Waals surface area (Å²) in [6.07, 6.45) is 2.47. The summed E-state index contributed by atoms with van der Waals surface area (Å²) in [5.41, 5.74) is 0. The second kappa shape index (κ2) is 9.71. The lowest BCUT2D eigenvalue weighted by Gasteiger charge is -2.17. The Hall–Kier alpha value is -0.290. The quantitative estimate of drug-likeness (QED) is 0.603. The summed E-state index contributed by atoms with van der Waals surface area (Å²) in [5, 5.41) is 2.99. The largest absolute Gasteiger partial charge is 0.411 e. The number of rotatable bonds is 10. The van der Waals surface area contributed by atoms with Crippen LogP contribution >= 0.6 is 0 Å². The van der Waals surface area contributed by atoms with E-state index in [1.165, 1.54) is 19.3 Å². The van der Waals surface area contributed by atoms with E-state index in [0.29, 0.717) is 0 Å².